The Morgan fingerprint density at radius 1 is 1.31 bits per heavy atom. The van der Waals surface area contributed by atoms with Gasteiger partial charge >= 0.3 is 0 Å². The zero-order valence-electron chi connectivity index (χ0n) is 9.41. The van der Waals surface area contributed by atoms with Crippen LogP contribution in [-0.2, 0) is 0 Å². The van der Waals surface area contributed by atoms with Crippen LogP contribution in [0.25, 0.3) is 0 Å². The van der Waals surface area contributed by atoms with Gasteiger partial charge in [-0.1, -0.05) is 0 Å². The highest BCUT2D eigenvalue weighted by molar-refractivity contribution is 6.28. The lowest BCUT2D eigenvalue weighted by molar-refractivity contribution is 0.410. The topological polar surface area (TPSA) is 63.8 Å². The highest BCUT2D eigenvalue weighted by atomic mass is 35.5. The normalized spacial score (nSPS) is 25.4. The Morgan fingerprint density at radius 3 is 2.62 bits per heavy atom. The van der Waals surface area contributed by atoms with E-state index in [0.717, 1.165) is 37.2 Å². The zero-order valence-corrected chi connectivity index (χ0v) is 10.2. The fourth-order valence-electron chi connectivity index (χ4n) is 2.08. The largest absolute Gasteiger partial charge is 0.367 e. The fourth-order valence-corrected chi connectivity index (χ4v) is 2.30. The summed E-state index contributed by atoms with van der Waals surface area (Å²) >= 11 is 5.81. The van der Waals surface area contributed by atoms with Gasteiger partial charge in [0.1, 0.15) is 5.82 Å². The van der Waals surface area contributed by atoms with E-state index in [1.807, 2.05) is 13.0 Å². The van der Waals surface area contributed by atoms with Crippen LogP contribution in [-0.4, -0.2) is 22.1 Å². The van der Waals surface area contributed by atoms with Gasteiger partial charge in [-0.3, -0.25) is 0 Å². The Hall–Kier alpha value is -0.870. The molecule has 0 saturated heterocycles. The van der Waals surface area contributed by atoms with Gasteiger partial charge in [-0.15, -0.1) is 0 Å². The van der Waals surface area contributed by atoms with Crippen LogP contribution >= 0.6 is 11.6 Å². The maximum atomic E-state index is 5.86. The van der Waals surface area contributed by atoms with Crippen molar-refractivity contribution in [3.63, 3.8) is 0 Å². The molecule has 1 aromatic heterocycles. The van der Waals surface area contributed by atoms with Crippen molar-refractivity contribution in [1.29, 1.82) is 0 Å². The van der Waals surface area contributed by atoms with Crippen LogP contribution in [0.3, 0.4) is 0 Å². The first-order chi connectivity index (χ1) is 7.63. The SMILES string of the molecule is Cc1cc(NC2CCC(N)CC2)nc(Cl)n1. The van der Waals surface area contributed by atoms with E-state index in [4.69, 9.17) is 17.3 Å². The molecule has 0 aromatic carbocycles. The van der Waals surface area contributed by atoms with Crippen LogP contribution < -0.4 is 11.1 Å². The van der Waals surface area contributed by atoms with Crippen molar-refractivity contribution in [3.8, 4) is 0 Å². The fraction of sp³-hybridized carbons (Fsp3) is 0.636. The Balaban J connectivity index is 1.98. The van der Waals surface area contributed by atoms with E-state index in [1.165, 1.54) is 0 Å². The van der Waals surface area contributed by atoms with Gasteiger partial charge in [-0.2, -0.15) is 0 Å². The van der Waals surface area contributed by atoms with E-state index < -0.39 is 0 Å². The molecule has 1 saturated carbocycles. The van der Waals surface area contributed by atoms with Crippen LogP contribution in [0.5, 0.6) is 0 Å². The lowest BCUT2D eigenvalue weighted by Gasteiger charge is -2.27. The average Bonchev–Trinajstić information content (AvgIpc) is 2.20. The molecular weight excluding hydrogens is 224 g/mol. The molecule has 0 radical (unpaired) electrons. The number of nitrogens with one attached hydrogen (secondary N) is 1. The minimum atomic E-state index is 0.301. The van der Waals surface area contributed by atoms with Gasteiger partial charge in [-0.05, 0) is 44.2 Å². The third-order valence-electron chi connectivity index (χ3n) is 2.95. The van der Waals surface area contributed by atoms with Crippen LogP contribution in [0.15, 0.2) is 6.07 Å². The van der Waals surface area contributed by atoms with Gasteiger partial charge in [0.15, 0.2) is 0 Å². The standard InChI is InChI=1S/C11H17ClN4/c1-7-6-10(16-11(12)14-7)15-9-4-2-8(13)3-5-9/h6,8-9H,2-5,13H2,1H3,(H,14,15,16). The third-order valence-corrected chi connectivity index (χ3v) is 3.12. The van der Waals surface area contributed by atoms with Crippen molar-refractivity contribution in [3.05, 3.63) is 17.0 Å². The summed E-state index contributed by atoms with van der Waals surface area (Å²) < 4.78 is 0. The lowest BCUT2D eigenvalue weighted by atomic mass is 9.92. The minimum Gasteiger partial charge on any atom is -0.367 e. The van der Waals surface area contributed by atoms with Crippen LogP contribution in [0.4, 0.5) is 5.82 Å². The monoisotopic (exact) mass is 240 g/mol. The molecule has 88 valence electrons. The molecule has 0 spiro atoms. The van der Waals surface area contributed by atoms with Gasteiger partial charge in [0.25, 0.3) is 0 Å². The molecule has 5 heteroatoms. The molecule has 0 unspecified atom stereocenters. The van der Waals surface area contributed by atoms with Crippen LogP contribution in [0.1, 0.15) is 31.4 Å². The zero-order chi connectivity index (χ0) is 11.5. The molecule has 0 amide bonds. The Labute approximate surface area is 101 Å². The summed E-state index contributed by atoms with van der Waals surface area (Å²) in [5, 5.41) is 3.69. The van der Waals surface area contributed by atoms with E-state index in [-0.39, 0.29) is 0 Å². The summed E-state index contributed by atoms with van der Waals surface area (Å²) in [7, 11) is 0. The van der Waals surface area contributed by atoms with Gasteiger partial charge < -0.3 is 11.1 Å². The number of nitrogens with two attached hydrogens (primary N) is 1. The first kappa shape index (κ1) is 11.6. The second-order valence-electron chi connectivity index (χ2n) is 4.42. The maximum Gasteiger partial charge on any atom is 0.224 e. The number of nitrogens with zero attached hydrogens (tertiary/aromatic N) is 2. The molecule has 4 nitrogen and oxygen atoms in total. The predicted octanol–water partition coefficient (Wildman–Crippen LogP) is 2.12. The highest BCUT2D eigenvalue weighted by Gasteiger charge is 2.18. The second kappa shape index (κ2) is 4.97. The maximum absolute atomic E-state index is 5.86. The number of anilines is 1. The predicted molar refractivity (Wildman–Crippen MR) is 65.6 cm³/mol. The molecule has 2 rings (SSSR count). The summed E-state index contributed by atoms with van der Waals surface area (Å²) in [5.41, 5.74) is 6.75. The number of rotatable bonds is 2. The molecular formula is C11H17ClN4. The Morgan fingerprint density at radius 2 is 2.00 bits per heavy atom. The molecule has 1 aromatic rings. The van der Waals surface area contributed by atoms with Gasteiger partial charge in [0, 0.05) is 23.8 Å². The molecule has 0 bridgehead atoms. The van der Waals surface area contributed by atoms with Crippen molar-refractivity contribution in [1.82, 2.24) is 9.97 Å². The third kappa shape index (κ3) is 3.06. The van der Waals surface area contributed by atoms with Crippen LogP contribution in [0.2, 0.25) is 5.28 Å². The quantitative estimate of drug-likeness (QED) is 0.778. The smallest absolute Gasteiger partial charge is 0.224 e. The second-order valence-corrected chi connectivity index (χ2v) is 4.76. The number of hydrogen-bond donors (Lipinski definition) is 2. The molecule has 1 fully saturated rings. The van der Waals surface area contributed by atoms with Gasteiger partial charge in [-0.25, -0.2) is 9.97 Å². The Kier molecular flexibility index (Phi) is 3.61. The van der Waals surface area contributed by atoms with E-state index in [1.54, 1.807) is 0 Å². The first-order valence-electron chi connectivity index (χ1n) is 5.67. The van der Waals surface area contributed by atoms with Crippen molar-refractivity contribution in [2.75, 3.05) is 5.32 Å². The molecule has 16 heavy (non-hydrogen) atoms. The Bertz CT molecular complexity index is 341. The first-order valence-corrected chi connectivity index (χ1v) is 6.04. The van der Waals surface area contributed by atoms with E-state index in [2.05, 4.69) is 15.3 Å². The van der Waals surface area contributed by atoms with Crippen molar-refractivity contribution in [2.45, 2.75) is 44.7 Å². The van der Waals surface area contributed by atoms with Gasteiger partial charge in [0.05, 0.1) is 0 Å². The summed E-state index contributed by atoms with van der Waals surface area (Å²) in [5.74, 6) is 0.818. The minimum absolute atomic E-state index is 0.301. The van der Waals surface area contributed by atoms with Crippen molar-refractivity contribution in [2.24, 2.45) is 5.73 Å². The number of aryl methyl sites for hydroxylation is 1. The average molecular weight is 241 g/mol. The van der Waals surface area contributed by atoms with Crippen LogP contribution in [0, 0.1) is 6.92 Å². The highest BCUT2D eigenvalue weighted by Crippen LogP contribution is 2.21. The number of aromatic nitrogens is 2. The lowest BCUT2D eigenvalue weighted by Crippen LogP contribution is -2.33. The number of hydrogen-bond acceptors (Lipinski definition) is 4. The molecule has 0 atom stereocenters. The van der Waals surface area contributed by atoms with E-state index in [0.29, 0.717) is 17.4 Å². The van der Waals surface area contributed by atoms with E-state index >= 15 is 0 Å². The number of halogens is 1. The molecule has 1 aliphatic carbocycles. The molecule has 1 aliphatic rings. The summed E-state index contributed by atoms with van der Waals surface area (Å²) in [6.45, 7) is 1.91. The molecule has 3 N–H and O–H groups in total. The summed E-state index contributed by atoms with van der Waals surface area (Å²) in [6, 6.07) is 2.75. The molecule has 1 heterocycles. The van der Waals surface area contributed by atoms with Crippen molar-refractivity contribution < 1.29 is 0 Å². The summed E-state index contributed by atoms with van der Waals surface area (Å²) in [6.07, 6.45) is 4.36. The molecule has 0 aliphatic heterocycles. The summed E-state index contributed by atoms with van der Waals surface area (Å²) in [4.78, 5) is 8.19. The van der Waals surface area contributed by atoms with E-state index in [9.17, 15) is 0 Å². The van der Waals surface area contributed by atoms with Crippen molar-refractivity contribution >= 4 is 17.4 Å². The van der Waals surface area contributed by atoms with Gasteiger partial charge in [0.2, 0.25) is 5.28 Å².